The summed E-state index contributed by atoms with van der Waals surface area (Å²) in [6.07, 6.45) is 5.44. The van der Waals surface area contributed by atoms with E-state index in [0.717, 1.165) is 31.6 Å². The third-order valence-electron chi connectivity index (χ3n) is 5.45. The molecule has 1 aromatic carbocycles. The van der Waals surface area contributed by atoms with Crippen LogP contribution in [0.3, 0.4) is 0 Å². The summed E-state index contributed by atoms with van der Waals surface area (Å²) in [7, 11) is 0. The molecule has 0 bridgehead atoms. The molecule has 0 amide bonds. The minimum absolute atomic E-state index is 0.267. The van der Waals surface area contributed by atoms with Crippen LogP contribution in [0.2, 0.25) is 0 Å². The van der Waals surface area contributed by atoms with E-state index in [-0.39, 0.29) is 5.92 Å². The van der Waals surface area contributed by atoms with Crippen LogP contribution >= 0.6 is 0 Å². The number of ketones is 1. The molecule has 0 radical (unpaired) electrons. The van der Waals surface area contributed by atoms with Gasteiger partial charge in [0.05, 0.1) is 0 Å². The predicted octanol–water partition coefficient (Wildman–Crippen LogP) is 4.04. The summed E-state index contributed by atoms with van der Waals surface area (Å²) in [4.78, 5) is 12.7. The number of rotatable bonds is 2. The van der Waals surface area contributed by atoms with Crippen LogP contribution in [-0.2, 0) is 17.6 Å². The maximum absolute atomic E-state index is 12.7. The van der Waals surface area contributed by atoms with E-state index in [2.05, 4.69) is 38.1 Å². The van der Waals surface area contributed by atoms with Crippen molar-refractivity contribution in [2.24, 2.45) is 23.7 Å². The summed E-state index contributed by atoms with van der Waals surface area (Å²) in [6.45, 7) is 4.64. The monoisotopic (exact) mass is 256 g/mol. The first-order chi connectivity index (χ1) is 9.15. The first-order valence-corrected chi connectivity index (χ1v) is 7.75. The zero-order valence-electron chi connectivity index (χ0n) is 12.1. The lowest BCUT2D eigenvalue weighted by Gasteiger charge is -2.32. The molecule has 1 saturated carbocycles. The van der Waals surface area contributed by atoms with Crippen LogP contribution in [0.1, 0.15) is 44.2 Å². The molecule has 102 valence electrons. The van der Waals surface area contributed by atoms with Gasteiger partial charge in [-0.1, -0.05) is 38.1 Å². The molecule has 1 aromatic rings. The fourth-order valence-corrected chi connectivity index (χ4v) is 3.90. The Morgan fingerprint density at radius 3 is 2.16 bits per heavy atom. The minimum Gasteiger partial charge on any atom is -0.299 e. The third-order valence-corrected chi connectivity index (χ3v) is 5.45. The molecule has 1 heteroatoms. The quantitative estimate of drug-likeness (QED) is 0.780. The van der Waals surface area contributed by atoms with Crippen LogP contribution < -0.4 is 0 Å². The number of hydrogen-bond donors (Lipinski definition) is 0. The smallest absolute Gasteiger partial charge is 0.139 e. The van der Waals surface area contributed by atoms with Gasteiger partial charge < -0.3 is 0 Å². The molecule has 0 spiro atoms. The molecule has 2 aliphatic rings. The summed E-state index contributed by atoms with van der Waals surface area (Å²) in [5.41, 5.74) is 2.80. The lowest BCUT2D eigenvalue weighted by Crippen LogP contribution is -2.31. The summed E-state index contributed by atoms with van der Waals surface area (Å²) < 4.78 is 0. The highest BCUT2D eigenvalue weighted by atomic mass is 16.1. The molecule has 0 aromatic heterocycles. The Kier molecular flexibility index (Phi) is 3.47. The van der Waals surface area contributed by atoms with Crippen molar-refractivity contribution in [3.63, 3.8) is 0 Å². The molecule has 3 unspecified atom stereocenters. The van der Waals surface area contributed by atoms with Crippen LogP contribution in [0.15, 0.2) is 24.3 Å². The van der Waals surface area contributed by atoms with Gasteiger partial charge in [0.2, 0.25) is 0 Å². The first kappa shape index (κ1) is 12.9. The molecule has 0 N–H and O–H groups in total. The van der Waals surface area contributed by atoms with Crippen molar-refractivity contribution < 1.29 is 4.79 Å². The van der Waals surface area contributed by atoms with E-state index >= 15 is 0 Å². The van der Waals surface area contributed by atoms with Crippen molar-refractivity contribution in [3.05, 3.63) is 35.4 Å². The number of Topliss-reactive ketones (excluding diaryl/α,β-unsaturated/α-hetero) is 1. The molecule has 3 atom stereocenters. The second-order valence-corrected chi connectivity index (χ2v) is 6.74. The largest absolute Gasteiger partial charge is 0.299 e. The van der Waals surface area contributed by atoms with Crippen molar-refractivity contribution in [1.29, 1.82) is 0 Å². The number of carbonyl (C=O) groups is 1. The van der Waals surface area contributed by atoms with Crippen molar-refractivity contribution in [1.82, 2.24) is 0 Å². The van der Waals surface area contributed by atoms with Crippen LogP contribution in [0.4, 0.5) is 0 Å². The van der Waals surface area contributed by atoms with Gasteiger partial charge >= 0.3 is 0 Å². The van der Waals surface area contributed by atoms with Gasteiger partial charge in [-0.15, -0.1) is 0 Å². The number of carbonyl (C=O) groups excluding carboxylic acids is 1. The molecule has 0 heterocycles. The van der Waals surface area contributed by atoms with E-state index in [1.54, 1.807) is 0 Å². The fraction of sp³-hybridized carbons (Fsp3) is 0.611. The zero-order chi connectivity index (χ0) is 13.4. The van der Waals surface area contributed by atoms with E-state index < -0.39 is 0 Å². The van der Waals surface area contributed by atoms with Gasteiger partial charge in [0.1, 0.15) is 5.78 Å². The maximum Gasteiger partial charge on any atom is 0.139 e. The van der Waals surface area contributed by atoms with E-state index in [0.29, 0.717) is 17.6 Å². The molecular weight excluding hydrogens is 232 g/mol. The van der Waals surface area contributed by atoms with Gasteiger partial charge in [0, 0.05) is 11.8 Å². The normalized spacial score (nSPS) is 31.2. The van der Waals surface area contributed by atoms with Gasteiger partial charge in [0.25, 0.3) is 0 Å². The summed E-state index contributed by atoms with van der Waals surface area (Å²) in [5, 5.41) is 0. The summed E-state index contributed by atoms with van der Waals surface area (Å²) in [6, 6.07) is 8.56. The van der Waals surface area contributed by atoms with E-state index in [1.807, 2.05) is 0 Å². The topological polar surface area (TPSA) is 17.1 Å². The summed E-state index contributed by atoms with van der Waals surface area (Å²) in [5.74, 6) is 2.67. The Morgan fingerprint density at radius 2 is 1.58 bits per heavy atom. The average Bonchev–Trinajstić information content (AvgIpc) is 2.85. The van der Waals surface area contributed by atoms with Crippen molar-refractivity contribution in [2.75, 3.05) is 0 Å². The van der Waals surface area contributed by atoms with Crippen molar-refractivity contribution >= 4 is 5.78 Å². The third kappa shape index (κ3) is 2.48. The van der Waals surface area contributed by atoms with Crippen LogP contribution in [0.5, 0.6) is 0 Å². The number of benzene rings is 1. The lowest BCUT2D eigenvalue weighted by molar-refractivity contribution is -0.128. The van der Waals surface area contributed by atoms with E-state index in [1.165, 1.54) is 17.5 Å². The van der Waals surface area contributed by atoms with Gasteiger partial charge in [0.15, 0.2) is 0 Å². The molecule has 0 saturated heterocycles. The van der Waals surface area contributed by atoms with Gasteiger partial charge in [-0.05, 0) is 55.1 Å². The van der Waals surface area contributed by atoms with Crippen LogP contribution in [0, 0.1) is 23.7 Å². The van der Waals surface area contributed by atoms with Gasteiger partial charge in [-0.2, -0.15) is 0 Å². The molecular formula is C18H24O. The van der Waals surface area contributed by atoms with Crippen molar-refractivity contribution in [3.8, 4) is 0 Å². The second-order valence-electron chi connectivity index (χ2n) is 6.74. The van der Waals surface area contributed by atoms with Crippen LogP contribution in [-0.4, -0.2) is 5.78 Å². The molecule has 2 aliphatic carbocycles. The Bertz CT molecular complexity index is 451. The van der Waals surface area contributed by atoms with E-state index in [9.17, 15) is 4.79 Å². The molecule has 3 rings (SSSR count). The summed E-state index contributed by atoms with van der Waals surface area (Å²) >= 11 is 0. The molecule has 1 nitrogen and oxygen atoms in total. The molecule has 19 heavy (non-hydrogen) atoms. The molecule has 0 aliphatic heterocycles. The highest BCUT2D eigenvalue weighted by molar-refractivity contribution is 5.85. The zero-order valence-corrected chi connectivity index (χ0v) is 12.1. The lowest BCUT2D eigenvalue weighted by atomic mass is 9.72. The first-order valence-electron chi connectivity index (χ1n) is 7.75. The fourth-order valence-electron chi connectivity index (χ4n) is 3.90. The average molecular weight is 256 g/mol. The van der Waals surface area contributed by atoms with Crippen LogP contribution in [0.25, 0.3) is 0 Å². The Morgan fingerprint density at radius 1 is 0.947 bits per heavy atom. The Labute approximate surface area is 116 Å². The predicted molar refractivity (Wildman–Crippen MR) is 78.0 cm³/mol. The van der Waals surface area contributed by atoms with Crippen molar-refractivity contribution in [2.45, 2.75) is 46.0 Å². The Balaban J connectivity index is 1.67. The highest BCUT2D eigenvalue weighted by Crippen LogP contribution is 2.37. The van der Waals surface area contributed by atoms with E-state index in [4.69, 9.17) is 0 Å². The highest BCUT2D eigenvalue weighted by Gasteiger charge is 2.35. The number of fused-ring (bicyclic) bond motifs is 1. The second kappa shape index (κ2) is 5.11. The maximum atomic E-state index is 12.7. The molecule has 1 fully saturated rings. The standard InChI is InChI=1S/C18H24O/c1-12-7-8-16(9-13(12)2)18(19)17-10-14-5-3-4-6-15(14)11-17/h3-6,12-13,16-17H,7-11H2,1-2H3. The Hall–Kier alpha value is -1.11. The van der Waals surface area contributed by atoms with Gasteiger partial charge in [-0.3, -0.25) is 4.79 Å². The van der Waals surface area contributed by atoms with Gasteiger partial charge in [-0.25, -0.2) is 0 Å². The minimum atomic E-state index is 0.267. The SMILES string of the molecule is CC1CCC(C(=O)C2Cc3ccccc3C2)CC1C. The number of hydrogen-bond acceptors (Lipinski definition) is 1.